The van der Waals surface area contributed by atoms with Gasteiger partial charge in [-0.25, -0.2) is 4.98 Å². The Morgan fingerprint density at radius 3 is 3.00 bits per heavy atom. The van der Waals surface area contributed by atoms with Crippen LogP contribution in [0.2, 0.25) is 0 Å². The van der Waals surface area contributed by atoms with E-state index in [4.69, 9.17) is 9.26 Å². The fourth-order valence-electron chi connectivity index (χ4n) is 1.55. The highest BCUT2D eigenvalue weighted by molar-refractivity contribution is 7.09. The first-order chi connectivity index (χ1) is 8.67. The second kappa shape index (κ2) is 6.03. The number of hydrogen-bond donors (Lipinski definition) is 1. The van der Waals surface area contributed by atoms with E-state index in [0.29, 0.717) is 24.6 Å². The Morgan fingerprint density at radius 1 is 1.50 bits per heavy atom. The predicted octanol–water partition coefficient (Wildman–Crippen LogP) is 0.975. The molecule has 98 valence electrons. The molecule has 0 aliphatic heterocycles. The van der Waals surface area contributed by atoms with Crippen molar-refractivity contribution in [3.8, 4) is 0 Å². The van der Waals surface area contributed by atoms with E-state index in [-0.39, 0.29) is 6.61 Å². The van der Waals surface area contributed by atoms with Crippen LogP contribution in [0.1, 0.15) is 22.4 Å². The van der Waals surface area contributed by atoms with Gasteiger partial charge in [0.1, 0.15) is 0 Å². The first-order valence-corrected chi connectivity index (χ1v) is 6.45. The molecule has 1 N–H and O–H groups in total. The Balaban J connectivity index is 1.93. The van der Waals surface area contributed by atoms with E-state index in [1.165, 1.54) is 7.11 Å². The highest BCUT2D eigenvalue weighted by Crippen LogP contribution is 2.12. The van der Waals surface area contributed by atoms with E-state index < -0.39 is 6.10 Å². The molecule has 0 saturated heterocycles. The molecule has 0 amide bonds. The van der Waals surface area contributed by atoms with Crippen LogP contribution in [-0.4, -0.2) is 40.1 Å². The van der Waals surface area contributed by atoms with E-state index in [0.717, 1.165) is 10.7 Å². The third-order valence-electron chi connectivity index (χ3n) is 2.29. The molecular weight excluding hydrogens is 254 g/mol. The van der Waals surface area contributed by atoms with Crippen LogP contribution in [-0.2, 0) is 17.6 Å². The van der Waals surface area contributed by atoms with Gasteiger partial charge in [-0.05, 0) is 6.92 Å². The lowest BCUT2D eigenvalue weighted by Gasteiger charge is -2.04. The van der Waals surface area contributed by atoms with Crippen LogP contribution < -0.4 is 0 Å². The number of aliphatic hydroxyl groups is 1. The number of thiazole rings is 1. The van der Waals surface area contributed by atoms with Gasteiger partial charge in [0.05, 0.1) is 36.3 Å². The maximum atomic E-state index is 9.54. The molecule has 2 heterocycles. The fourth-order valence-corrected chi connectivity index (χ4v) is 2.16. The Bertz CT molecular complexity index is 497. The van der Waals surface area contributed by atoms with Gasteiger partial charge in [-0.15, -0.1) is 11.3 Å². The molecule has 1 atom stereocenters. The van der Waals surface area contributed by atoms with Crippen LogP contribution in [0.25, 0.3) is 0 Å². The van der Waals surface area contributed by atoms with Crippen LogP contribution in [0.15, 0.2) is 9.90 Å². The zero-order chi connectivity index (χ0) is 13.0. The molecule has 0 spiro atoms. The minimum Gasteiger partial charge on any atom is -0.390 e. The van der Waals surface area contributed by atoms with Crippen molar-refractivity contribution in [2.24, 2.45) is 0 Å². The first-order valence-electron chi connectivity index (χ1n) is 5.57. The largest absolute Gasteiger partial charge is 0.390 e. The number of aryl methyl sites for hydroxylation is 1. The van der Waals surface area contributed by atoms with E-state index in [9.17, 15) is 5.11 Å². The zero-order valence-corrected chi connectivity index (χ0v) is 11.1. The van der Waals surface area contributed by atoms with Crippen molar-refractivity contribution >= 4 is 11.3 Å². The van der Waals surface area contributed by atoms with Gasteiger partial charge < -0.3 is 14.4 Å². The Morgan fingerprint density at radius 2 is 2.33 bits per heavy atom. The number of methoxy groups -OCH3 is 1. The number of ether oxygens (including phenoxy) is 1. The summed E-state index contributed by atoms with van der Waals surface area (Å²) in [7, 11) is 1.53. The Labute approximate surface area is 109 Å². The topological polar surface area (TPSA) is 81.3 Å². The standard InChI is InChI=1S/C11H15N3O3S/c1-7-12-8(6-18-7)3-10-13-11(17-14-10)4-9(15)5-16-2/h6,9,15H,3-5H2,1-2H3. The highest BCUT2D eigenvalue weighted by Gasteiger charge is 2.13. The molecule has 0 aliphatic rings. The normalized spacial score (nSPS) is 12.8. The molecule has 2 aromatic rings. The monoisotopic (exact) mass is 269 g/mol. The summed E-state index contributed by atoms with van der Waals surface area (Å²) < 4.78 is 9.89. The van der Waals surface area contributed by atoms with Crippen LogP contribution in [0, 0.1) is 6.92 Å². The van der Waals surface area contributed by atoms with Crippen molar-refractivity contribution in [3.63, 3.8) is 0 Å². The van der Waals surface area contributed by atoms with Crippen molar-refractivity contribution in [3.05, 3.63) is 27.8 Å². The van der Waals surface area contributed by atoms with Gasteiger partial charge in [-0.3, -0.25) is 0 Å². The maximum absolute atomic E-state index is 9.54. The number of rotatable bonds is 6. The van der Waals surface area contributed by atoms with Gasteiger partial charge in [-0.2, -0.15) is 4.98 Å². The van der Waals surface area contributed by atoms with Gasteiger partial charge in [0.25, 0.3) is 0 Å². The molecule has 0 fully saturated rings. The van der Waals surface area contributed by atoms with Gasteiger partial charge in [0, 0.05) is 12.5 Å². The van der Waals surface area contributed by atoms with Crippen molar-refractivity contribution in [1.82, 2.24) is 15.1 Å². The number of aliphatic hydroxyl groups excluding tert-OH is 1. The third kappa shape index (κ3) is 3.59. The lowest BCUT2D eigenvalue weighted by molar-refractivity contribution is 0.0599. The Kier molecular flexibility index (Phi) is 4.40. The maximum Gasteiger partial charge on any atom is 0.229 e. The van der Waals surface area contributed by atoms with Gasteiger partial charge >= 0.3 is 0 Å². The summed E-state index contributed by atoms with van der Waals surface area (Å²) in [6, 6.07) is 0. The molecule has 0 saturated carbocycles. The number of hydrogen-bond acceptors (Lipinski definition) is 7. The minimum atomic E-state index is -0.621. The number of aromatic nitrogens is 3. The summed E-state index contributed by atoms with van der Waals surface area (Å²) >= 11 is 1.59. The highest BCUT2D eigenvalue weighted by atomic mass is 32.1. The molecule has 1 unspecified atom stereocenters. The van der Waals surface area contributed by atoms with Gasteiger partial charge in [-0.1, -0.05) is 5.16 Å². The quantitative estimate of drug-likeness (QED) is 0.841. The van der Waals surface area contributed by atoms with E-state index >= 15 is 0 Å². The van der Waals surface area contributed by atoms with E-state index in [1.807, 2.05) is 12.3 Å². The van der Waals surface area contributed by atoms with Crippen molar-refractivity contribution in [2.75, 3.05) is 13.7 Å². The molecule has 0 aromatic carbocycles. The van der Waals surface area contributed by atoms with E-state index in [1.54, 1.807) is 11.3 Å². The average Bonchev–Trinajstić information content (AvgIpc) is 2.89. The van der Waals surface area contributed by atoms with Crippen LogP contribution in [0.4, 0.5) is 0 Å². The lowest BCUT2D eigenvalue weighted by atomic mass is 10.2. The first kappa shape index (κ1) is 13.1. The fraction of sp³-hybridized carbons (Fsp3) is 0.545. The second-order valence-electron chi connectivity index (χ2n) is 3.95. The van der Waals surface area contributed by atoms with Crippen molar-refractivity contribution in [2.45, 2.75) is 25.9 Å². The van der Waals surface area contributed by atoms with Gasteiger partial charge in [0.2, 0.25) is 5.89 Å². The van der Waals surface area contributed by atoms with E-state index in [2.05, 4.69) is 15.1 Å². The molecule has 2 aromatic heterocycles. The molecule has 0 aliphatic carbocycles. The van der Waals surface area contributed by atoms with Crippen molar-refractivity contribution < 1.29 is 14.4 Å². The summed E-state index contributed by atoms with van der Waals surface area (Å²) in [5.41, 5.74) is 0.933. The molecule has 2 rings (SSSR count). The summed E-state index contributed by atoms with van der Waals surface area (Å²) in [6.45, 7) is 2.21. The summed E-state index contributed by atoms with van der Waals surface area (Å²) in [5.74, 6) is 1.00. The Hall–Kier alpha value is -1.31. The number of nitrogens with zero attached hydrogens (tertiary/aromatic N) is 3. The third-order valence-corrected chi connectivity index (χ3v) is 3.11. The van der Waals surface area contributed by atoms with Crippen LogP contribution >= 0.6 is 11.3 Å². The SMILES string of the molecule is COCC(O)Cc1nc(Cc2csc(C)n2)no1. The van der Waals surface area contributed by atoms with Crippen LogP contribution in [0.3, 0.4) is 0 Å². The molecule has 7 heteroatoms. The molecule has 18 heavy (non-hydrogen) atoms. The van der Waals surface area contributed by atoms with Crippen molar-refractivity contribution in [1.29, 1.82) is 0 Å². The molecule has 6 nitrogen and oxygen atoms in total. The predicted molar refractivity (Wildman–Crippen MR) is 65.5 cm³/mol. The summed E-state index contributed by atoms with van der Waals surface area (Å²) in [5, 5.41) is 16.4. The van der Waals surface area contributed by atoms with Crippen LogP contribution in [0.5, 0.6) is 0 Å². The zero-order valence-electron chi connectivity index (χ0n) is 10.3. The smallest absolute Gasteiger partial charge is 0.229 e. The minimum absolute atomic E-state index is 0.253. The van der Waals surface area contributed by atoms with Gasteiger partial charge in [0.15, 0.2) is 5.82 Å². The molecule has 0 bridgehead atoms. The summed E-state index contributed by atoms with van der Waals surface area (Å²) in [6.07, 6.45) is 0.232. The molecule has 0 radical (unpaired) electrons. The average molecular weight is 269 g/mol. The molecular formula is C11H15N3O3S. The second-order valence-corrected chi connectivity index (χ2v) is 5.01. The summed E-state index contributed by atoms with van der Waals surface area (Å²) in [4.78, 5) is 8.54. The lowest BCUT2D eigenvalue weighted by Crippen LogP contribution is -2.17.